The average molecular weight is 477 g/mol. The van der Waals surface area contributed by atoms with Gasteiger partial charge in [0, 0.05) is 41.5 Å². The molecule has 3 aromatic rings. The van der Waals surface area contributed by atoms with Crippen LogP contribution in [0.5, 0.6) is 0 Å². The first-order chi connectivity index (χ1) is 16.1. The molecule has 2 heterocycles. The molecule has 4 nitrogen and oxygen atoms in total. The molecular weight excluding hydrogens is 452 g/mol. The fourth-order valence-electron chi connectivity index (χ4n) is 4.76. The molecule has 6 heteroatoms. The van der Waals surface area contributed by atoms with E-state index < -0.39 is 0 Å². The van der Waals surface area contributed by atoms with Crippen LogP contribution < -0.4 is 0 Å². The number of halogens is 1. The molecule has 0 unspecified atom stereocenters. The number of piperidine rings is 1. The van der Waals surface area contributed by atoms with Gasteiger partial charge in [-0.15, -0.1) is 11.8 Å². The maximum absolute atomic E-state index is 13.2. The summed E-state index contributed by atoms with van der Waals surface area (Å²) < 4.78 is 0. The molecule has 0 bridgehead atoms. The molecule has 0 saturated carbocycles. The molecule has 3 aromatic carbocycles. The predicted molar refractivity (Wildman–Crippen MR) is 135 cm³/mol. The molecule has 2 aliphatic rings. The Morgan fingerprint density at radius 1 is 0.758 bits per heavy atom. The van der Waals surface area contributed by atoms with E-state index in [4.69, 9.17) is 11.6 Å². The zero-order valence-electron chi connectivity index (χ0n) is 18.2. The van der Waals surface area contributed by atoms with Gasteiger partial charge in [0.15, 0.2) is 0 Å². The Hall–Kier alpha value is -2.76. The van der Waals surface area contributed by atoms with Crippen LogP contribution in [0.1, 0.15) is 33.6 Å². The van der Waals surface area contributed by atoms with Gasteiger partial charge in [0.25, 0.3) is 11.8 Å². The summed E-state index contributed by atoms with van der Waals surface area (Å²) in [4.78, 5) is 30.1. The highest BCUT2D eigenvalue weighted by atomic mass is 35.5. The number of hydrogen-bond acceptors (Lipinski definition) is 3. The fourth-order valence-corrected chi connectivity index (χ4v) is 6.41. The largest absolute Gasteiger partial charge is 0.338 e. The third-order valence-electron chi connectivity index (χ3n) is 6.57. The van der Waals surface area contributed by atoms with Gasteiger partial charge < -0.3 is 9.80 Å². The Bertz CT molecular complexity index is 1160. The van der Waals surface area contributed by atoms with E-state index in [1.807, 2.05) is 76.2 Å². The Morgan fingerprint density at radius 3 is 2.15 bits per heavy atom. The zero-order chi connectivity index (χ0) is 22.8. The van der Waals surface area contributed by atoms with Gasteiger partial charge >= 0.3 is 0 Å². The van der Waals surface area contributed by atoms with E-state index in [-0.39, 0.29) is 16.7 Å². The number of carbonyl (C=O) groups excluding carboxylic acids is 2. The van der Waals surface area contributed by atoms with Crippen molar-refractivity contribution in [3.8, 4) is 11.1 Å². The lowest BCUT2D eigenvalue weighted by atomic mass is 9.99. The number of carbonyl (C=O) groups is 2. The smallest absolute Gasteiger partial charge is 0.255 e. The Balaban J connectivity index is 1.26. The minimum absolute atomic E-state index is 0.0266. The standard InChI is InChI=1S/C27H25ClN2O2S/c28-24-8-4-7-23(19-24)26(32)30-17-18-33-27(30)13-15-29(16-14-27)25(31)22-11-9-21(10-12-22)20-5-2-1-3-6-20/h1-12,19H,13-18H2. The lowest BCUT2D eigenvalue weighted by Crippen LogP contribution is -2.53. The van der Waals surface area contributed by atoms with Crippen molar-refractivity contribution in [2.75, 3.05) is 25.4 Å². The molecule has 33 heavy (non-hydrogen) atoms. The molecule has 2 amide bonds. The molecule has 0 N–H and O–H groups in total. The van der Waals surface area contributed by atoms with Crippen molar-refractivity contribution in [3.05, 3.63) is 95.0 Å². The maximum Gasteiger partial charge on any atom is 0.255 e. The van der Waals surface area contributed by atoms with E-state index in [0.717, 1.165) is 36.3 Å². The number of amides is 2. The first kappa shape index (κ1) is 22.1. The summed E-state index contributed by atoms with van der Waals surface area (Å²) >= 11 is 7.95. The van der Waals surface area contributed by atoms with Crippen LogP contribution in [0.25, 0.3) is 11.1 Å². The second-order valence-corrected chi connectivity index (χ2v) is 10.4. The summed E-state index contributed by atoms with van der Waals surface area (Å²) in [7, 11) is 0. The summed E-state index contributed by atoms with van der Waals surface area (Å²) in [5.41, 5.74) is 3.57. The van der Waals surface area contributed by atoms with Gasteiger partial charge in [0.05, 0.1) is 4.87 Å². The SMILES string of the molecule is O=C(c1ccc(-c2ccccc2)cc1)N1CCC2(CC1)SCCN2C(=O)c1cccc(Cl)c1. The van der Waals surface area contributed by atoms with E-state index in [9.17, 15) is 9.59 Å². The molecule has 168 valence electrons. The molecule has 2 saturated heterocycles. The van der Waals surface area contributed by atoms with Gasteiger partial charge in [-0.1, -0.05) is 60.1 Å². The Morgan fingerprint density at radius 2 is 1.45 bits per heavy atom. The molecule has 1 spiro atoms. The number of rotatable bonds is 3. The van der Waals surface area contributed by atoms with E-state index in [1.165, 1.54) is 0 Å². The van der Waals surface area contributed by atoms with Crippen molar-refractivity contribution in [2.24, 2.45) is 0 Å². The molecule has 0 aliphatic carbocycles. The van der Waals surface area contributed by atoms with Gasteiger partial charge in [-0.2, -0.15) is 0 Å². The van der Waals surface area contributed by atoms with Crippen LogP contribution >= 0.6 is 23.4 Å². The minimum atomic E-state index is -0.243. The van der Waals surface area contributed by atoms with Gasteiger partial charge in [0.2, 0.25) is 0 Å². The highest BCUT2D eigenvalue weighted by Crippen LogP contribution is 2.44. The highest BCUT2D eigenvalue weighted by molar-refractivity contribution is 8.00. The average Bonchev–Trinajstić information content (AvgIpc) is 3.27. The van der Waals surface area contributed by atoms with Crippen LogP contribution in [0.4, 0.5) is 0 Å². The summed E-state index contributed by atoms with van der Waals surface area (Å²) in [6, 6.07) is 25.1. The molecule has 5 rings (SSSR count). The van der Waals surface area contributed by atoms with Gasteiger partial charge in [-0.05, 0) is 54.3 Å². The third kappa shape index (κ3) is 4.40. The molecule has 0 radical (unpaired) electrons. The maximum atomic E-state index is 13.2. The number of likely N-dealkylation sites (tertiary alicyclic amines) is 1. The predicted octanol–water partition coefficient (Wildman–Crippen LogP) is 5.83. The molecule has 0 aromatic heterocycles. The van der Waals surface area contributed by atoms with E-state index in [0.29, 0.717) is 29.2 Å². The van der Waals surface area contributed by atoms with Crippen LogP contribution in [-0.4, -0.2) is 51.9 Å². The summed E-state index contributed by atoms with van der Waals surface area (Å²) in [5, 5.41) is 0.570. The lowest BCUT2D eigenvalue weighted by molar-refractivity contribution is 0.0498. The van der Waals surface area contributed by atoms with Crippen LogP contribution in [0, 0.1) is 0 Å². The van der Waals surface area contributed by atoms with Crippen LogP contribution in [-0.2, 0) is 0 Å². The van der Waals surface area contributed by atoms with Crippen molar-refractivity contribution >= 4 is 35.2 Å². The van der Waals surface area contributed by atoms with E-state index >= 15 is 0 Å². The van der Waals surface area contributed by atoms with Gasteiger partial charge in [-0.3, -0.25) is 9.59 Å². The zero-order valence-corrected chi connectivity index (χ0v) is 19.8. The second-order valence-electron chi connectivity index (χ2n) is 8.50. The number of thioether (sulfide) groups is 1. The minimum Gasteiger partial charge on any atom is -0.338 e. The van der Waals surface area contributed by atoms with Gasteiger partial charge in [0.1, 0.15) is 0 Å². The quantitative estimate of drug-likeness (QED) is 0.477. The van der Waals surface area contributed by atoms with Crippen molar-refractivity contribution in [2.45, 2.75) is 17.7 Å². The monoisotopic (exact) mass is 476 g/mol. The second kappa shape index (κ2) is 9.24. The first-order valence-electron chi connectivity index (χ1n) is 11.2. The van der Waals surface area contributed by atoms with Crippen molar-refractivity contribution in [1.82, 2.24) is 9.80 Å². The van der Waals surface area contributed by atoms with Crippen LogP contribution in [0.3, 0.4) is 0 Å². The number of nitrogens with zero attached hydrogens (tertiary/aromatic N) is 2. The molecule has 2 aliphatic heterocycles. The van der Waals surface area contributed by atoms with Crippen molar-refractivity contribution in [3.63, 3.8) is 0 Å². The Kier molecular flexibility index (Phi) is 6.17. The lowest BCUT2D eigenvalue weighted by Gasteiger charge is -2.44. The van der Waals surface area contributed by atoms with Crippen LogP contribution in [0.2, 0.25) is 5.02 Å². The van der Waals surface area contributed by atoms with Gasteiger partial charge in [-0.25, -0.2) is 0 Å². The molecule has 2 fully saturated rings. The third-order valence-corrected chi connectivity index (χ3v) is 8.35. The summed E-state index contributed by atoms with van der Waals surface area (Å²) in [5.74, 6) is 1.00. The molecule has 0 atom stereocenters. The first-order valence-corrected chi connectivity index (χ1v) is 12.6. The highest BCUT2D eigenvalue weighted by Gasteiger charge is 2.47. The topological polar surface area (TPSA) is 40.6 Å². The number of benzene rings is 3. The van der Waals surface area contributed by atoms with E-state index in [1.54, 1.807) is 12.1 Å². The van der Waals surface area contributed by atoms with Crippen molar-refractivity contribution in [1.29, 1.82) is 0 Å². The van der Waals surface area contributed by atoms with Crippen molar-refractivity contribution < 1.29 is 9.59 Å². The summed E-state index contributed by atoms with van der Waals surface area (Å²) in [6.07, 6.45) is 1.55. The normalized spacial score (nSPS) is 17.4. The van der Waals surface area contributed by atoms with E-state index in [2.05, 4.69) is 12.1 Å². The fraction of sp³-hybridized carbons (Fsp3) is 0.259. The number of hydrogen-bond donors (Lipinski definition) is 0. The molecular formula is C27H25ClN2O2S. The summed E-state index contributed by atoms with van der Waals surface area (Å²) in [6.45, 7) is 2.02. The Labute approximate surface area is 203 Å². The van der Waals surface area contributed by atoms with Crippen LogP contribution in [0.15, 0.2) is 78.9 Å².